The summed E-state index contributed by atoms with van der Waals surface area (Å²) in [6.45, 7) is 4.52. The van der Waals surface area contributed by atoms with Crippen LogP contribution >= 0.6 is 7.82 Å². The molecule has 92 heavy (non-hydrogen) atoms. The van der Waals surface area contributed by atoms with Crippen LogP contribution in [0.25, 0.3) is 0 Å². The summed E-state index contributed by atoms with van der Waals surface area (Å²) in [6.07, 6.45) is 110. The van der Waals surface area contributed by atoms with Crippen LogP contribution < -0.4 is 10.2 Å². The van der Waals surface area contributed by atoms with Crippen LogP contribution in [-0.2, 0) is 18.4 Å². The zero-order valence-corrected chi connectivity index (χ0v) is 61.4. The van der Waals surface area contributed by atoms with Crippen LogP contribution in [0, 0.1) is 0 Å². The maximum Gasteiger partial charge on any atom is 0.268 e. The van der Waals surface area contributed by atoms with Crippen molar-refractivity contribution in [3.05, 3.63) is 146 Å². The second-order valence-electron chi connectivity index (χ2n) is 26.6. The molecule has 0 aliphatic heterocycles. The highest BCUT2D eigenvalue weighted by Crippen LogP contribution is 2.38. The number of hydrogen-bond donors (Lipinski definition) is 2. The predicted molar refractivity (Wildman–Crippen MR) is 403 cm³/mol. The molecule has 0 aromatic rings. The van der Waals surface area contributed by atoms with Gasteiger partial charge in [-0.2, -0.15) is 0 Å². The maximum absolute atomic E-state index is 13.1. The highest BCUT2D eigenvalue weighted by Gasteiger charge is 2.23. The Kier molecular flexibility index (Phi) is 68.8. The number of aliphatic hydroxyl groups is 1. The highest BCUT2D eigenvalue weighted by molar-refractivity contribution is 7.45. The molecule has 0 bridgehead atoms. The van der Waals surface area contributed by atoms with Gasteiger partial charge >= 0.3 is 0 Å². The standard InChI is InChI=1S/C83H145N2O6P/c1-6-8-10-12-14-16-18-20-22-24-26-28-30-32-34-36-38-39-40-41-42-43-44-45-47-49-51-53-55-57-59-61-63-65-67-69-71-73-75-77-83(87)84-81(80-91-92(88,89)90-79-78-85(3,4)5)82(86)76-74-72-70-68-66-64-62-60-58-56-54-52-50-48-46-37-35-33-31-29-27-25-23-21-19-17-15-13-11-9-7-2/h8,10,14,16,20,22,26,28,32,34,38-39,41-42,44-45,49,51,58,60,66,68,74,76,81-82,86H,6-7,9,11-13,15,17-19,21,23-25,27,29-31,33,35-37,40,43,46-48,50,52-57,59,61-65,67,69-73,75,77-80H2,1-5H3,(H-,84,87,88,89)/b10-8-,16-14-,22-20-,28-26-,34-32-,39-38-,42-41-,45-44-,51-49-,60-58+,68-66+,76-74+. The molecular weight excluding hydrogens is 1150 g/mol. The van der Waals surface area contributed by atoms with Crippen LogP contribution in [0.5, 0.6) is 0 Å². The summed E-state index contributed by atoms with van der Waals surface area (Å²) in [5.74, 6) is -0.217. The molecule has 9 heteroatoms. The van der Waals surface area contributed by atoms with E-state index in [4.69, 9.17) is 9.05 Å². The number of amides is 1. The number of phosphoric acid groups is 1. The van der Waals surface area contributed by atoms with Gasteiger partial charge in [-0.25, -0.2) is 0 Å². The summed E-state index contributed by atoms with van der Waals surface area (Å²) in [4.78, 5) is 25.7. The van der Waals surface area contributed by atoms with Crippen LogP contribution in [0.15, 0.2) is 146 Å². The fourth-order valence-electron chi connectivity index (χ4n) is 10.7. The first kappa shape index (κ1) is 88.4. The number of nitrogens with one attached hydrogen (secondary N) is 1. The van der Waals surface area contributed by atoms with E-state index in [1.54, 1.807) is 6.08 Å². The number of rotatable bonds is 69. The molecule has 8 nitrogen and oxygen atoms in total. The molecule has 3 atom stereocenters. The Morgan fingerprint density at radius 2 is 0.674 bits per heavy atom. The van der Waals surface area contributed by atoms with Crippen LogP contribution in [0.1, 0.15) is 322 Å². The minimum absolute atomic E-state index is 0.0158. The molecule has 0 radical (unpaired) electrons. The first-order chi connectivity index (χ1) is 45.0. The lowest BCUT2D eigenvalue weighted by Crippen LogP contribution is -2.45. The van der Waals surface area contributed by atoms with Crippen LogP contribution in [0.3, 0.4) is 0 Å². The van der Waals surface area contributed by atoms with Gasteiger partial charge in [0.2, 0.25) is 5.91 Å². The zero-order chi connectivity index (χ0) is 66.9. The third kappa shape index (κ3) is 73.8. The number of allylic oxidation sites excluding steroid dienone is 23. The molecule has 0 saturated carbocycles. The van der Waals surface area contributed by atoms with Gasteiger partial charge in [-0.1, -0.05) is 346 Å². The van der Waals surface area contributed by atoms with Crippen LogP contribution in [0.4, 0.5) is 0 Å². The second-order valence-corrected chi connectivity index (χ2v) is 28.0. The van der Waals surface area contributed by atoms with Crippen molar-refractivity contribution in [1.82, 2.24) is 5.32 Å². The maximum atomic E-state index is 13.1. The smallest absolute Gasteiger partial charge is 0.268 e. The number of nitrogens with zero attached hydrogens (tertiary/aromatic N) is 1. The van der Waals surface area contributed by atoms with Crippen molar-refractivity contribution < 1.29 is 32.9 Å². The minimum Gasteiger partial charge on any atom is -0.756 e. The number of hydrogen-bond acceptors (Lipinski definition) is 6. The fraction of sp³-hybridized carbons (Fsp3) is 0.699. The normalized spacial score (nSPS) is 14.4. The quantitative estimate of drug-likeness (QED) is 0.0272. The summed E-state index contributed by atoms with van der Waals surface area (Å²) in [7, 11) is 1.22. The molecule has 0 rings (SSSR count). The molecule has 528 valence electrons. The number of carbonyl (C=O) groups excluding carboxylic acids is 1. The van der Waals surface area contributed by atoms with Crippen molar-refractivity contribution in [3.8, 4) is 0 Å². The van der Waals surface area contributed by atoms with E-state index in [-0.39, 0.29) is 12.5 Å². The number of quaternary nitrogens is 1. The zero-order valence-electron chi connectivity index (χ0n) is 60.5. The molecule has 1 amide bonds. The molecule has 0 aromatic carbocycles. The lowest BCUT2D eigenvalue weighted by atomic mass is 10.0. The number of phosphoric ester groups is 1. The average Bonchev–Trinajstić information content (AvgIpc) is 2.63. The number of carbonyl (C=O) groups is 1. The molecule has 0 fully saturated rings. The molecule has 2 N–H and O–H groups in total. The number of likely N-dealkylation sites (N-methyl/N-ethyl adjacent to an activating group) is 1. The predicted octanol–water partition coefficient (Wildman–Crippen LogP) is 24.5. The Bertz CT molecular complexity index is 2020. The Balaban J connectivity index is 4.14. The van der Waals surface area contributed by atoms with Gasteiger partial charge < -0.3 is 28.8 Å². The third-order valence-electron chi connectivity index (χ3n) is 16.5. The van der Waals surface area contributed by atoms with Gasteiger partial charge in [-0.05, 0) is 116 Å². The summed E-state index contributed by atoms with van der Waals surface area (Å²) in [6, 6.07) is -0.924. The third-order valence-corrected chi connectivity index (χ3v) is 17.5. The number of unbranched alkanes of at least 4 members (excludes halogenated alkanes) is 34. The Hall–Kier alpha value is -3.62. The Morgan fingerprint density at radius 3 is 1.01 bits per heavy atom. The monoisotopic (exact) mass is 1300 g/mol. The molecular formula is C83H145N2O6P. The Morgan fingerprint density at radius 1 is 0.391 bits per heavy atom. The second kappa shape index (κ2) is 71.7. The Labute approximate surface area is 569 Å². The van der Waals surface area contributed by atoms with E-state index in [1.807, 2.05) is 27.2 Å². The highest BCUT2D eigenvalue weighted by atomic mass is 31.2. The van der Waals surface area contributed by atoms with Gasteiger partial charge in [0.05, 0.1) is 39.9 Å². The molecule has 3 unspecified atom stereocenters. The van der Waals surface area contributed by atoms with Gasteiger partial charge in [0, 0.05) is 6.42 Å². The van der Waals surface area contributed by atoms with Crippen molar-refractivity contribution in [2.75, 3.05) is 40.9 Å². The molecule has 0 aliphatic rings. The van der Waals surface area contributed by atoms with Crippen molar-refractivity contribution in [1.29, 1.82) is 0 Å². The van der Waals surface area contributed by atoms with E-state index in [2.05, 4.69) is 153 Å². The SMILES string of the molecule is CC/C=C\C/C=C\C/C=C\C/C=C\C/C=C\C/C=C\C/C=C\C/C=C\C/C=C\CCCCCCCCCCCCCC(=O)NC(COP(=O)([O-])OCC[N+](C)(C)C)C(O)/C=C/CC/C=C/CC/C=C/CCCCCCCCCCCCCCCCCCCCCCC. The number of aliphatic hydroxyl groups excluding tert-OH is 1. The van der Waals surface area contributed by atoms with E-state index >= 15 is 0 Å². The summed E-state index contributed by atoms with van der Waals surface area (Å²) >= 11 is 0. The van der Waals surface area contributed by atoms with Crippen LogP contribution in [-0.4, -0.2) is 68.5 Å². The molecule has 0 saturated heterocycles. The molecule has 0 heterocycles. The molecule has 0 spiro atoms. The van der Waals surface area contributed by atoms with E-state index < -0.39 is 26.6 Å². The van der Waals surface area contributed by atoms with E-state index in [9.17, 15) is 19.4 Å². The summed E-state index contributed by atoms with van der Waals surface area (Å²) in [5, 5.41) is 14.0. The molecule has 0 aromatic heterocycles. The van der Waals surface area contributed by atoms with Gasteiger partial charge in [0.25, 0.3) is 7.82 Å². The van der Waals surface area contributed by atoms with Crippen molar-refractivity contribution in [2.24, 2.45) is 0 Å². The largest absolute Gasteiger partial charge is 0.756 e. The van der Waals surface area contributed by atoms with Gasteiger partial charge in [-0.15, -0.1) is 0 Å². The summed E-state index contributed by atoms with van der Waals surface area (Å²) in [5.41, 5.74) is 0. The van der Waals surface area contributed by atoms with E-state index in [0.29, 0.717) is 17.4 Å². The summed E-state index contributed by atoms with van der Waals surface area (Å²) < 4.78 is 23.5. The first-order valence-corrected chi connectivity index (χ1v) is 39.7. The first-order valence-electron chi connectivity index (χ1n) is 38.2. The lowest BCUT2D eigenvalue weighted by molar-refractivity contribution is -0.870. The van der Waals surface area contributed by atoms with Gasteiger partial charge in [-0.3, -0.25) is 9.36 Å². The van der Waals surface area contributed by atoms with Crippen LogP contribution in [0.2, 0.25) is 0 Å². The molecule has 0 aliphatic carbocycles. The van der Waals surface area contributed by atoms with Crippen molar-refractivity contribution in [2.45, 2.75) is 334 Å². The van der Waals surface area contributed by atoms with E-state index in [1.165, 1.54) is 193 Å². The van der Waals surface area contributed by atoms with Gasteiger partial charge in [0.1, 0.15) is 13.2 Å². The topological polar surface area (TPSA) is 108 Å². The van der Waals surface area contributed by atoms with Crippen molar-refractivity contribution >= 4 is 13.7 Å². The van der Waals surface area contributed by atoms with Crippen molar-refractivity contribution in [3.63, 3.8) is 0 Å². The van der Waals surface area contributed by atoms with Gasteiger partial charge in [0.15, 0.2) is 0 Å². The minimum atomic E-state index is -4.63. The fourth-order valence-corrected chi connectivity index (χ4v) is 11.4. The van der Waals surface area contributed by atoms with E-state index in [0.717, 1.165) is 109 Å². The average molecular weight is 1300 g/mol. The lowest BCUT2D eigenvalue weighted by Gasteiger charge is -2.29.